The number of benzene rings is 1. The molecule has 106 valence electrons. The second-order valence-corrected chi connectivity index (χ2v) is 4.74. The van der Waals surface area contributed by atoms with Gasteiger partial charge in [-0.3, -0.25) is 4.79 Å². The van der Waals surface area contributed by atoms with Crippen LogP contribution in [0.4, 0.5) is 0 Å². The van der Waals surface area contributed by atoms with Crippen LogP contribution in [-0.2, 0) is 14.3 Å². The molecule has 0 saturated heterocycles. The van der Waals surface area contributed by atoms with Crippen molar-refractivity contribution < 1.29 is 14.3 Å². The van der Waals surface area contributed by atoms with E-state index in [4.69, 9.17) is 21.1 Å². The highest BCUT2D eigenvalue weighted by atomic mass is 35.5. The van der Waals surface area contributed by atoms with E-state index in [9.17, 15) is 4.79 Å². The van der Waals surface area contributed by atoms with Crippen LogP contribution in [-0.4, -0.2) is 32.8 Å². The van der Waals surface area contributed by atoms with E-state index >= 15 is 0 Å². The predicted molar refractivity (Wildman–Crippen MR) is 75.3 cm³/mol. The molecular weight excluding hydrogens is 266 g/mol. The molecule has 0 aromatic heterocycles. The van der Waals surface area contributed by atoms with Crippen molar-refractivity contribution in [2.75, 3.05) is 20.8 Å². The van der Waals surface area contributed by atoms with E-state index in [0.29, 0.717) is 18.1 Å². The first-order chi connectivity index (χ1) is 9.08. The number of nitrogens with one attached hydrogen (secondary N) is 1. The zero-order chi connectivity index (χ0) is 14.3. The lowest BCUT2D eigenvalue weighted by atomic mass is 10.0. The average molecular weight is 286 g/mol. The number of halogens is 1. The number of carbonyl (C=O) groups is 1. The van der Waals surface area contributed by atoms with Crippen molar-refractivity contribution >= 4 is 17.5 Å². The lowest BCUT2D eigenvalue weighted by molar-refractivity contribution is -0.123. The summed E-state index contributed by atoms with van der Waals surface area (Å²) in [6.07, 6.45) is 0.140. The molecule has 0 spiro atoms. The van der Waals surface area contributed by atoms with Crippen LogP contribution in [0.3, 0.4) is 0 Å². The topological polar surface area (TPSA) is 47.6 Å². The number of hydrogen-bond acceptors (Lipinski definition) is 3. The Morgan fingerprint density at radius 2 is 1.95 bits per heavy atom. The van der Waals surface area contributed by atoms with Crippen molar-refractivity contribution in [1.82, 2.24) is 5.32 Å². The van der Waals surface area contributed by atoms with Gasteiger partial charge in [0.05, 0.1) is 12.6 Å². The summed E-state index contributed by atoms with van der Waals surface area (Å²) >= 11 is 5.86. The summed E-state index contributed by atoms with van der Waals surface area (Å²) in [5.74, 6) is -0.0506. The summed E-state index contributed by atoms with van der Waals surface area (Å²) in [5, 5.41) is 3.58. The molecule has 0 unspecified atom stereocenters. The highest BCUT2D eigenvalue weighted by Crippen LogP contribution is 2.22. The fourth-order valence-corrected chi connectivity index (χ4v) is 2.00. The molecule has 2 atom stereocenters. The molecule has 0 radical (unpaired) electrons. The van der Waals surface area contributed by atoms with E-state index in [1.54, 1.807) is 14.2 Å². The monoisotopic (exact) mass is 285 g/mol. The highest BCUT2D eigenvalue weighted by molar-refractivity contribution is 6.30. The molecule has 1 rings (SSSR count). The minimum Gasteiger partial charge on any atom is -0.384 e. The Labute approximate surface area is 119 Å². The number of amides is 1. The molecule has 1 amide bonds. The van der Waals surface area contributed by atoms with Crippen LogP contribution in [0.2, 0.25) is 5.02 Å². The van der Waals surface area contributed by atoms with Gasteiger partial charge >= 0.3 is 0 Å². The third-order valence-corrected chi connectivity index (χ3v) is 3.08. The van der Waals surface area contributed by atoms with Gasteiger partial charge in [-0.25, -0.2) is 0 Å². The summed E-state index contributed by atoms with van der Waals surface area (Å²) in [6, 6.07) is 7.28. The molecule has 4 nitrogen and oxygen atoms in total. The van der Waals surface area contributed by atoms with Gasteiger partial charge in [0.25, 0.3) is 0 Å². The minimum absolute atomic E-state index is 0.0506. The number of ether oxygens (including phenoxy) is 2. The van der Waals surface area contributed by atoms with Crippen molar-refractivity contribution in [3.8, 4) is 0 Å². The molecule has 19 heavy (non-hydrogen) atoms. The largest absolute Gasteiger partial charge is 0.384 e. The Morgan fingerprint density at radius 1 is 1.32 bits per heavy atom. The van der Waals surface area contributed by atoms with Crippen molar-refractivity contribution in [2.45, 2.75) is 25.5 Å². The van der Waals surface area contributed by atoms with Crippen LogP contribution in [0, 0.1) is 0 Å². The lowest BCUT2D eigenvalue weighted by Crippen LogP contribution is -2.38. The van der Waals surface area contributed by atoms with Gasteiger partial charge in [-0.1, -0.05) is 23.7 Å². The fraction of sp³-hybridized carbons (Fsp3) is 0.500. The molecule has 1 N–H and O–H groups in total. The maximum Gasteiger partial charge on any atom is 0.222 e. The van der Waals surface area contributed by atoms with Crippen LogP contribution >= 0.6 is 11.6 Å². The van der Waals surface area contributed by atoms with Gasteiger partial charge in [0, 0.05) is 25.7 Å². The fourth-order valence-electron chi connectivity index (χ4n) is 1.88. The zero-order valence-electron chi connectivity index (χ0n) is 11.5. The predicted octanol–water partition coefficient (Wildman–Crippen LogP) is 2.57. The summed E-state index contributed by atoms with van der Waals surface area (Å²) in [6.45, 7) is 2.32. The minimum atomic E-state index is -0.205. The van der Waals surface area contributed by atoms with E-state index in [1.165, 1.54) is 0 Å². The molecule has 0 heterocycles. The molecule has 0 fully saturated rings. The quantitative estimate of drug-likeness (QED) is 0.837. The van der Waals surface area contributed by atoms with Gasteiger partial charge in [0.15, 0.2) is 0 Å². The molecule has 0 aliphatic heterocycles. The number of hydrogen-bond donors (Lipinski definition) is 1. The Hall–Kier alpha value is -1.10. The van der Waals surface area contributed by atoms with Crippen molar-refractivity contribution in [3.63, 3.8) is 0 Å². The third-order valence-electron chi connectivity index (χ3n) is 2.83. The normalized spacial score (nSPS) is 13.9. The van der Waals surface area contributed by atoms with Crippen molar-refractivity contribution in [3.05, 3.63) is 34.9 Å². The van der Waals surface area contributed by atoms with Gasteiger partial charge in [-0.05, 0) is 24.6 Å². The van der Waals surface area contributed by atoms with E-state index in [0.717, 1.165) is 5.56 Å². The van der Waals surface area contributed by atoms with Crippen LogP contribution in [0.1, 0.15) is 25.0 Å². The van der Waals surface area contributed by atoms with Crippen LogP contribution < -0.4 is 5.32 Å². The lowest BCUT2D eigenvalue weighted by Gasteiger charge is -2.24. The van der Waals surface area contributed by atoms with Crippen LogP contribution in [0.25, 0.3) is 0 Å². The standard InChI is InChI=1S/C14H20ClNO3/c1-10(16-13(17)8-9-18-2)14(19-3)11-4-6-12(15)7-5-11/h4-7,10,14H,8-9H2,1-3H3,(H,16,17)/t10-,14+/m1/s1. The van der Waals surface area contributed by atoms with E-state index in [1.807, 2.05) is 31.2 Å². The smallest absolute Gasteiger partial charge is 0.222 e. The van der Waals surface area contributed by atoms with Crippen LogP contribution in [0.15, 0.2) is 24.3 Å². The number of rotatable bonds is 7. The molecule has 0 aliphatic carbocycles. The SMILES string of the molecule is COCCC(=O)N[C@H](C)[C@H](OC)c1ccc(Cl)cc1. The van der Waals surface area contributed by atoms with Gasteiger partial charge in [-0.15, -0.1) is 0 Å². The first-order valence-corrected chi connectivity index (χ1v) is 6.52. The first-order valence-electron chi connectivity index (χ1n) is 6.15. The van der Waals surface area contributed by atoms with Crippen molar-refractivity contribution in [2.24, 2.45) is 0 Å². The highest BCUT2D eigenvalue weighted by Gasteiger charge is 2.20. The molecule has 1 aromatic carbocycles. The molecule has 0 saturated carbocycles. The Kier molecular flexibility index (Phi) is 6.84. The van der Waals surface area contributed by atoms with E-state index in [-0.39, 0.29) is 18.1 Å². The van der Waals surface area contributed by atoms with Gasteiger partial charge < -0.3 is 14.8 Å². The van der Waals surface area contributed by atoms with E-state index < -0.39 is 0 Å². The Morgan fingerprint density at radius 3 is 2.47 bits per heavy atom. The van der Waals surface area contributed by atoms with Crippen LogP contribution in [0.5, 0.6) is 0 Å². The summed E-state index contributed by atoms with van der Waals surface area (Å²) < 4.78 is 10.3. The maximum absolute atomic E-state index is 11.7. The summed E-state index contributed by atoms with van der Waals surface area (Å²) in [4.78, 5) is 11.7. The second-order valence-electron chi connectivity index (χ2n) is 4.31. The molecule has 5 heteroatoms. The molecule has 0 aliphatic rings. The third kappa shape index (κ3) is 5.19. The van der Waals surface area contributed by atoms with E-state index in [2.05, 4.69) is 5.32 Å². The first kappa shape index (κ1) is 16.0. The molecule has 0 bridgehead atoms. The van der Waals surface area contributed by atoms with Crippen molar-refractivity contribution in [1.29, 1.82) is 0 Å². The molecule has 1 aromatic rings. The Bertz CT molecular complexity index is 394. The summed E-state index contributed by atoms with van der Waals surface area (Å²) in [5.41, 5.74) is 0.978. The Balaban J connectivity index is 2.63. The number of carbonyl (C=O) groups excluding carboxylic acids is 1. The van der Waals surface area contributed by atoms with Gasteiger partial charge in [0.2, 0.25) is 5.91 Å². The van der Waals surface area contributed by atoms with Gasteiger partial charge in [-0.2, -0.15) is 0 Å². The van der Waals surface area contributed by atoms with Gasteiger partial charge in [0.1, 0.15) is 6.10 Å². The summed E-state index contributed by atoms with van der Waals surface area (Å²) in [7, 11) is 3.19. The second kappa shape index (κ2) is 8.15. The average Bonchev–Trinajstić information content (AvgIpc) is 2.39. The molecular formula is C14H20ClNO3. The zero-order valence-corrected chi connectivity index (χ0v) is 12.2. The maximum atomic E-state index is 11.7. The number of methoxy groups -OCH3 is 2.